The average molecular weight is 436 g/mol. The van der Waals surface area contributed by atoms with E-state index in [4.69, 9.17) is 4.99 Å². The summed E-state index contributed by atoms with van der Waals surface area (Å²) in [4.78, 5) is 6.90. The van der Waals surface area contributed by atoms with Gasteiger partial charge in [-0.2, -0.15) is 0 Å². The molecule has 0 aliphatic carbocycles. The van der Waals surface area contributed by atoms with Crippen molar-refractivity contribution in [2.24, 2.45) is 17.5 Å². The number of hydrogen-bond acceptors (Lipinski definition) is 2. The first kappa shape index (κ1) is 22.2. The Labute approximate surface area is 158 Å². The minimum atomic E-state index is -0.105. The number of nitrogens with zero attached hydrogens (tertiary/aromatic N) is 3. The maximum absolute atomic E-state index is 9.70. The zero-order valence-electron chi connectivity index (χ0n) is 15.2. The zero-order valence-corrected chi connectivity index (χ0v) is 17.5. The molecule has 0 aliphatic heterocycles. The molecule has 2 N–H and O–H groups in total. The predicted molar refractivity (Wildman–Crippen MR) is 108 cm³/mol. The Hall–Kier alpha value is -0.760. The molecule has 1 aromatic rings. The monoisotopic (exact) mass is 436 g/mol. The molecule has 6 heteroatoms. The Kier molecular flexibility index (Phi) is 10.6. The molecule has 1 rings (SSSR count). The van der Waals surface area contributed by atoms with Crippen LogP contribution in [0.2, 0.25) is 0 Å². The van der Waals surface area contributed by atoms with E-state index in [0.29, 0.717) is 6.54 Å². The quantitative estimate of drug-likeness (QED) is 0.375. The highest BCUT2D eigenvalue weighted by Gasteiger charge is 2.25. The molecule has 0 amide bonds. The molecule has 0 radical (unpaired) electrons. The summed E-state index contributed by atoms with van der Waals surface area (Å²) in [6.45, 7) is 8.79. The summed E-state index contributed by atoms with van der Waals surface area (Å²) in [5, 5.41) is 13.0. The van der Waals surface area contributed by atoms with Crippen LogP contribution in [-0.2, 0) is 13.6 Å². The maximum Gasteiger partial charge on any atom is 0.194 e. The number of aliphatic imine (C=N–C) groups is 1. The third-order valence-corrected chi connectivity index (χ3v) is 4.55. The summed E-state index contributed by atoms with van der Waals surface area (Å²) < 4.78 is 2.12. The van der Waals surface area contributed by atoms with Crippen molar-refractivity contribution in [1.82, 2.24) is 14.8 Å². The van der Waals surface area contributed by atoms with Gasteiger partial charge in [-0.3, -0.25) is 4.99 Å². The molecule has 134 valence electrons. The van der Waals surface area contributed by atoms with Gasteiger partial charge in [0.05, 0.1) is 19.7 Å². The number of aromatic nitrogens is 1. The summed E-state index contributed by atoms with van der Waals surface area (Å²) in [6, 6.07) is 4.17. The molecule has 0 aromatic carbocycles. The molecule has 0 saturated carbocycles. The first-order valence-electron chi connectivity index (χ1n) is 8.22. The summed E-state index contributed by atoms with van der Waals surface area (Å²) in [6.07, 6.45) is 3.92. The summed E-state index contributed by atoms with van der Waals surface area (Å²) in [5.41, 5.74) is 1.14. The van der Waals surface area contributed by atoms with Crippen LogP contribution < -0.4 is 5.32 Å². The van der Waals surface area contributed by atoms with Gasteiger partial charge in [-0.15, -0.1) is 24.0 Å². The van der Waals surface area contributed by atoms with Crippen LogP contribution in [0.25, 0.3) is 0 Å². The second-order valence-electron chi connectivity index (χ2n) is 6.00. The van der Waals surface area contributed by atoms with Crippen molar-refractivity contribution in [3.05, 3.63) is 24.0 Å². The Morgan fingerprint density at radius 2 is 2.00 bits per heavy atom. The number of rotatable bonds is 8. The fraction of sp³-hybridized carbons (Fsp3) is 0.706. The predicted octanol–water partition coefficient (Wildman–Crippen LogP) is 2.84. The Morgan fingerprint density at radius 3 is 2.43 bits per heavy atom. The fourth-order valence-corrected chi connectivity index (χ4v) is 2.44. The molecule has 5 nitrogen and oxygen atoms in total. The molecular formula is C17H33IN4O. The van der Waals surface area contributed by atoms with E-state index >= 15 is 0 Å². The van der Waals surface area contributed by atoms with E-state index in [9.17, 15) is 5.11 Å². The van der Waals surface area contributed by atoms with Gasteiger partial charge in [-0.05, 0) is 31.9 Å². The standard InChI is InChI=1S/C17H32N4O.HI/c1-6-17(7-2,14-22)13-19-16(18-8-3)21(5)12-15-10-9-11-20(15)4;/h9-11,22H,6-8,12-14H2,1-5H3,(H,18,19);1H. The molecule has 0 fully saturated rings. The lowest BCUT2D eigenvalue weighted by atomic mass is 9.83. The van der Waals surface area contributed by atoms with Crippen molar-refractivity contribution in [2.45, 2.75) is 40.2 Å². The molecule has 1 aromatic heterocycles. The van der Waals surface area contributed by atoms with Gasteiger partial charge >= 0.3 is 0 Å². The lowest BCUT2D eigenvalue weighted by Crippen LogP contribution is -2.40. The number of aryl methyl sites for hydroxylation is 1. The Morgan fingerprint density at radius 1 is 1.35 bits per heavy atom. The summed E-state index contributed by atoms with van der Waals surface area (Å²) >= 11 is 0. The molecule has 0 unspecified atom stereocenters. The van der Waals surface area contributed by atoms with E-state index < -0.39 is 0 Å². The van der Waals surface area contributed by atoms with Gasteiger partial charge in [0.2, 0.25) is 0 Å². The number of hydrogen-bond donors (Lipinski definition) is 2. The average Bonchev–Trinajstić information content (AvgIpc) is 2.93. The number of nitrogens with one attached hydrogen (secondary N) is 1. The van der Waals surface area contributed by atoms with E-state index in [2.05, 4.69) is 60.9 Å². The van der Waals surface area contributed by atoms with Gasteiger partial charge in [0.25, 0.3) is 0 Å². The fourth-order valence-electron chi connectivity index (χ4n) is 2.44. The van der Waals surface area contributed by atoms with E-state index in [0.717, 1.165) is 31.9 Å². The van der Waals surface area contributed by atoms with Crippen LogP contribution >= 0.6 is 24.0 Å². The molecular weight excluding hydrogens is 403 g/mol. The normalized spacial score (nSPS) is 12.0. The smallest absolute Gasteiger partial charge is 0.194 e. The van der Waals surface area contributed by atoms with Gasteiger partial charge in [0, 0.05) is 37.9 Å². The highest BCUT2D eigenvalue weighted by molar-refractivity contribution is 14.0. The number of aliphatic hydroxyl groups excluding tert-OH is 1. The first-order chi connectivity index (χ1) is 10.5. The van der Waals surface area contributed by atoms with Crippen LogP contribution in [0.5, 0.6) is 0 Å². The molecule has 23 heavy (non-hydrogen) atoms. The molecule has 0 bridgehead atoms. The molecule has 0 aliphatic rings. The van der Waals surface area contributed by atoms with Gasteiger partial charge < -0.3 is 19.9 Å². The largest absolute Gasteiger partial charge is 0.396 e. The first-order valence-corrected chi connectivity index (χ1v) is 8.22. The van der Waals surface area contributed by atoms with E-state index in [1.807, 2.05) is 7.05 Å². The topological polar surface area (TPSA) is 52.8 Å². The van der Waals surface area contributed by atoms with Crippen LogP contribution in [0.1, 0.15) is 39.3 Å². The minimum absolute atomic E-state index is 0. The van der Waals surface area contributed by atoms with Crippen molar-refractivity contribution in [2.75, 3.05) is 26.7 Å². The van der Waals surface area contributed by atoms with Crippen LogP contribution in [0, 0.1) is 5.41 Å². The second-order valence-corrected chi connectivity index (χ2v) is 6.00. The van der Waals surface area contributed by atoms with Crippen molar-refractivity contribution >= 4 is 29.9 Å². The summed E-state index contributed by atoms with van der Waals surface area (Å²) in [5.74, 6) is 0.892. The minimum Gasteiger partial charge on any atom is -0.396 e. The highest BCUT2D eigenvalue weighted by atomic mass is 127. The third kappa shape index (κ3) is 6.33. The van der Waals surface area contributed by atoms with Crippen molar-refractivity contribution in [1.29, 1.82) is 0 Å². The Balaban J connectivity index is 0.00000484. The van der Waals surface area contributed by atoms with Crippen LogP contribution in [0.4, 0.5) is 0 Å². The van der Waals surface area contributed by atoms with E-state index in [1.165, 1.54) is 5.69 Å². The van der Waals surface area contributed by atoms with E-state index in [1.54, 1.807) is 0 Å². The molecule has 0 spiro atoms. The molecule has 1 heterocycles. The lowest BCUT2D eigenvalue weighted by molar-refractivity contribution is 0.123. The molecule has 0 saturated heterocycles. The maximum atomic E-state index is 9.70. The van der Waals surface area contributed by atoms with Gasteiger partial charge in [0.1, 0.15) is 0 Å². The van der Waals surface area contributed by atoms with Gasteiger partial charge in [-0.25, -0.2) is 0 Å². The lowest BCUT2D eigenvalue weighted by Gasteiger charge is -2.29. The second kappa shape index (κ2) is 10.9. The van der Waals surface area contributed by atoms with Crippen molar-refractivity contribution in [3.63, 3.8) is 0 Å². The van der Waals surface area contributed by atoms with Gasteiger partial charge in [-0.1, -0.05) is 13.8 Å². The number of halogens is 1. The van der Waals surface area contributed by atoms with Crippen molar-refractivity contribution < 1.29 is 5.11 Å². The molecule has 0 atom stereocenters. The van der Waals surface area contributed by atoms with Crippen molar-refractivity contribution in [3.8, 4) is 0 Å². The van der Waals surface area contributed by atoms with Gasteiger partial charge in [0.15, 0.2) is 5.96 Å². The van der Waals surface area contributed by atoms with Crippen LogP contribution in [-0.4, -0.2) is 47.3 Å². The third-order valence-electron chi connectivity index (χ3n) is 4.55. The number of aliphatic hydroxyl groups is 1. The Bertz CT molecular complexity index is 461. The number of guanidine groups is 1. The van der Waals surface area contributed by atoms with E-state index in [-0.39, 0.29) is 36.0 Å². The highest BCUT2D eigenvalue weighted by Crippen LogP contribution is 2.25. The van der Waals surface area contributed by atoms with Crippen LogP contribution in [0.15, 0.2) is 23.3 Å². The zero-order chi connectivity index (χ0) is 16.6. The summed E-state index contributed by atoms with van der Waals surface area (Å²) in [7, 11) is 4.10. The SMILES string of the molecule is CCNC(=NCC(CC)(CC)CO)N(C)Cc1cccn1C.I. The van der Waals surface area contributed by atoms with Crippen LogP contribution in [0.3, 0.4) is 0 Å².